The number of rotatable bonds is 2. The second-order valence-corrected chi connectivity index (χ2v) is 2.62. The molecule has 0 aliphatic heterocycles. The number of benzene rings is 1. The predicted octanol–water partition coefficient (Wildman–Crippen LogP) is 0.662. The van der Waals surface area contributed by atoms with Crippen molar-refractivity contribution in [3.8, 4) is 5.75 Å². The van der Waals surface area contributed by atoms with Crippen molar-refractivity contribution in [2.75, 3.05) is 6.61 Å². The van der Waals surface area contributed by atoms with Gasteiger partial charge >= 0.3 is 0 Å². The zero-order valence-electron chi connectivity index (χ0n) is 6.67. The minimum atomic E-state index is -1.08. The third kappa shape index (κ3) is 1.93. The summed E-state index contributed by atoms with van der Waals surface area (Å²) in [5.41, 5.74) is 5.42. The van der Waals surface area contributed by atoms with E-state index in [4.69, 9.17) is 15.9 Å². The Balaban J connectivity index is 3.13. The summed E-state index contributed by atoms with van der Waals surface area (Å²) in [7, 11) is 0. The molecular weight excluding hydrogens is 180 g/mol. The maximum atomic E-state index is 12.7. The number of aromatic hydroxyl groups is 1. The van der Waals surface area contributed by atoms with E-state index in [2.05, 4.69) is 0 Å². The molecule has 1 atom stereocenters. The van der Waals surface area contributed by atoms with Crippen LogP contribution in [0, 0.1) is 11.6 Å². The van der Waals surface area contributed by atoms with Crippen LogP contribution in [-0.4, -0.2) is 16.8 Å². The highest BCUT2D eigenvalue weighted by atomic mass is 19.1. The number of aliphatic hydroxyl groups is 1. The van der Waals surface area contributed by atoms with E-state index in [0.29, 0.717) is 0 Å². The van der Waals surface area contributed by atoms with Crippen molar-refractivity contribution in [2.45, 2.75) is 6.04 Å². The predicted molar refractivity (Wildman–Crippen MR) is 42.0 cm³/mol. The van der Waals surface area contributed by atoms with Crippen LogP contribution in [0.5, 0.6) is 5.75 Å². The van der Waals surface area contributed by atoms with Gasteiger partial charge in [-0.15, -0.1) is 0 Å². The van der Waals surface area contributed by atoms with Crippen LogP contribution >= 0.6 is 0 Å². The van der Waals surface area contributed by atoms with Crippen molar-refractivity contribution in [1.82, 2.24) is 0 Å². The quantitative estimate of drug-likeness (QED) is 0.640. The Morgan fingerprint density at radius 2 is 1.77 bits per heavy atom. The van der Waals surface area contributed by atoms with Gasteiger partial charge < -0.3 is 15.9 Å². The number of aliphatic hydroxyl groups excluding tert-OH is 1. The van der Waals surface area contributed by atoms with Crippen LogP contribution in [0.2, 0.25) is 0 Å². The molecule has 1 aromatic rings. The molecule has 0 aliphatic rings. The molecule has 0 radical (unpaired) electrons. The molecule has 1 aromatic carbocycles. The first kappa shape index (κ1) is 9.88. The molecule has 0 aromatic heterocycles. The molecule has 0 unspecified atom stereocenters. The fourth-order valence-corrected chi connectivity index (χ4v) is 0.905. The lowest BCUT2D eigenvalue weighted by Gasteiger charge is -2.09. The lowest BCUT2D eigenvalue weighted by atomic mass is 10.1. The van der Waals surface area contributed by atoms with E-state index >= 15 is 0 Å². The first-order valence-corrected chi connectivity index (χ1v) is 3.60. The molecule has 0 saturated carbocycles. The van der Waals surface area contributed by atoms with Gasteiger partial charge in [-0.3, -0.25) is 0 Å². The highest BCUT2D eigenvalue weighted by Gasteiger charge is 2.13. The first-order valence-electron chi connectivity index (χ1n) is 3.60. The van der Waals surface area contributed by atoms with Crippen LogP contribution in [0.1, 0.15) is 11.6 Å². The largest absolute Gasteiger partial charge is 0.503 e. The number of phenolic OH excluding ortho intramolecular Hbond substituents is 1. The van der Waals surface area contributed by atoms with Gasteiger partial charge in [0.2, 0.25) is 0 Å². The van der Waals surface area contributed by atoms with E-state index in [9.17, 15) is 8.78 Å². The average molecular weight is 189 g/mol. The van der Waals surface area contributed by atoms with Crippen molar-refractivity contribution in [1.29, 1.82) is 0 Å². The number of hydrogen-bond acceptors (Lipinski definition) is 3. The van der Waals surface area contributed by atoms with E-state index in [1.807, 2.05) is 0 Å². The molecule has 0 saturated heterocycles. The summed E-state index contributed by atoms with van der Waals surface area (Å²) >= 11 is 0. The highest BCUT2D eigenvalue weighted by Crippen LogP contribution is 2.23. The van der Waals surface area contributed by atoms with Gasteiger partial charge in [-0.2, -0.15) is 0 Å². The Morgan fingerprint density at radius 1 is 1.31 bits per heavy atom. The zero-order chi connectivity index (χ0) is 10.0. The number of nitrogens with two attached hydrogens (primary N) is 1. The zero-order valence-corrected chi connectivity index (χ0v) is 6.67. The van der Waals surface area contributed by atoms with Gasteiger partial charge in [0, 0.05) is 0 Å². The van der Waals surface area contributed by atoms with Gasteiger partial charge in [0.05, 0.1) is 12.6 Å². The molecule has 0 bridgehead atoms. The molecule has 0 aliphatic carbocycles. The maximum Gasteiger partial charge on any atom is 0.187 e. The Kier molecular flexibility index (Phi) is 2.79. The number of hydrogen-bond donors (Lipinski definition) is 3. The van der Waals surface area contributed by atoms with Crippen LogP contribution in [0.3, 0.4) is 0 Å². The van der Waals surface area contributed by atoms with Crippen LogP contribution < -0.4 is 5.73 Å². The molecule has 0 spiro atoms. The molecule has 0 fully saturated rings. The third-order valence-corrected chi connectivity index (χ3v) is 1.66. The van der Waals surface area contributed by atoms with Gasteiger partial charge in [0.15, 0.2) is 17.4 Å². The molecular formula is C8H9F2NO2. The summed E-state index contributed by atoms with van der Waals surface area (Å²) in [5, 5.41) is 17.3. The van der Waals surface area contributed by atoms with Crippen molar-refractivity contribution in [2.24, 2.45) is 5.73 Å². The Morgan fingerprint density at radius 3 is 2.15 bits per heavy atom. The summed E-state index contributed by atoms with van der Waals surface area (Å²) in [6.07, 6.45) is 0. The van der Waals surface area contributed by atoms with Gasteiger partial charge in [-0.1, -0.05) is 0 Å². The van der Waals surface area contributed by atoms with Crippen LogP contribution in [0.4, 0.5) is 8.78 Å². The van der Waals surface area contributed by atoms with Gasteiger partial charge in [-0.25, -0.2) is 8.78 Å². The summed E-state index contributed by atoms with van der Waals surface area (Å²) in [5.74, 6) is -3.20. The SMILES string of the molecule is N[C@@H](CO)c1cc(F)c(O)c(F)c1. The van der Waals surface area contributed by atoms with Crippen molar-refractivity contribution >= 4 is 0 Å². The molecule has 0 heterocycles. The molecule has 3 nitrogen and oxygen atoms in total. The van der Waals surface area contributed by atoms with E-state index in [1.165, 1.54) is 0 Å². The topological polar surface area (TPSA) is 66.5 Å². The smallest absolute Gasteiger partial charge is 0.187 e. The van der Waals surface area contributed by atoms with E-state index < -0.39 is 30.0 Å². The minimum Gasteiger partial charge on any atom is -0.503 e. The van der Waals surface area contributed by atoms with Crippen LogP contribution in [0.25, 0.3) is 0 Å². The Hall–Kier alpha value is -1.20. The molecule has 0 amide bonds. The minimum absolute atomic E-state index is 0.107. The normalized spacial score (nSPS) is 12.9. The van der Waals surface area contributed by atoms with E-state index in [-0.39, 0.29) is 5.56 Å². The van der Waals surface area contributed by atoms with Crippen molar-refractivity contribution in [3.63, 3.8) is 0 Å². The van der Waals surface area contributed by atoms with E-state index in [0.717, 1.165) is 12.1 Å². The Labute approximate surface area is 73.4 Å². The standard InChI is InChI=1S/C8H9F2NO2/c9-5-1-4(7(11)3-12)2-6(10)8(5)13/h1-2,7,12-13H,3,11H2/t7-/m0/s1. The fourth-order valence-electron chi connectivity index (χ4n) is 0.905. The Bertz CT molecular complexity index is 294. The van der Waals surface area contributed by atoms with E-state index in [1.54, 1.807) is 0 Å². The maximum absolute atomic E-state index is 12.7. The second kappa shape index (κ2) is 3.68. The summed E-state index contributed by atoms with van der Waals surface area (Å²) in [6.45, 7) is -0.413. The summed E-state index contributed by atoms with van der Waals surface area (Å²) < 4.78 is 25.4. The molecule has 72 valence electrons. The first-order chi connectivity index (χ1) is 6.06. The summed E-state index contributed by atoms with van der Waals surface area (Å²) in [4.78, 5) is 0. The van der Waals surface area contributed by atoms with Gasteiger partial charge in [0.25, 0.3) is 0 Å². The van der Waals surface area contributed by atoms with Gasteiger partial charge in [-0.05, 0) is 17.7 Å². The number of phenols is 1. The molecule has 5 heteroatoms. The van der Waals surface area contributed by atoms with Crippen LogP contribution in [-0.2, 0) is 0 Å². The molecule has 13 heavy (non-hydrogen) atoms. The summed E-state index contributed by atoms with van der Waals surface area (Å²) in [6, 6.07) is 0.933. The highest BCUT2D eigenvalue weighted by molar-refractivity contribution is 5.31. The molecule has 4 N–H and O–H groups in total. The number of halogens is 2. The second-order valence-electron chi connectivity index (χ2n) is 2.62. The van der Waals surface area contributed by atoms with Gasteiger partial charge in [0.1, 0.15) is 0 Å². The monoisotopic (exact) mass is 189 g/mol. The lowest BCUT2D eigenvalue weighted by molar-refractivity contribution is 0.267. The molecule has 1 rings (SSSR count). The van der Waals surface area contributed by atoms with Crippen molar-refractivity contribution in [3.05, 3.63) is 29.3 Å². The van der Waals surface area contributed by atoms with Crippen LogP contribution in [0.15, 0.2) is 12.1 Å². The lowest BCUT2D eigenvalue weighted by Crippen LogP contribution is -2.14. The average Bonchev–Trinajstić information content (AvgIpc) is 2.12. The van der Waals surface area contributed by atoms with Crippen molar-refractivity contribution < 1.29 is 19.0 Å². The fraction of sp³-hybridized carbons (Fsp3) is 0.250. The third-order valence-electron chi connectivity index (χ3n) is 1.66.